The van der Waals surface area contributed by atoms with Crippen molar-refractivity contribution in [3.63, 3.8) is 0 Å². The van der Waals surface area contributed by atoms with Crippen molar-refractivity contribution in [3.05, 3.63) is 18.2 Å². The van der Waals surface area contributed by atoms with E-state index in [2.05, 4.69) is 15.2 Å². The SMILES string of the molecule is CC(C)[C@H](C(=O)NC[C@@H]1C[C@H](F)CN1Cc1nccn1C)N(C)C. The monoisotopic (exact) mass is 339 g/mol. The molecule has 0 unspecified atom stereocenters. The third-order valence-electron chi connectivity index (χ3n) is 4.71. The first-order valence-corrected chi connectivity index (χ1v) is 8.58. The number of hydrogen-bond acceptors (Lipinski definition) is 4. The second-order valence-electron chi connectivity index (χ2n) is 7.27. The third-order valence-corrected chi connectivity index (χ3v) is 4.71. The number of nitrogens with one attached hydrogen (secondary N) is 1. The lowest BCUT2D eigenvalue weighted by molar-refractivity contribution is -0.127. The van der Waals surface area contributed by atoms with Gasteiger partial charge in [-0.15, -0.1) is 0 Å². The van der Waals surface area contributed by atoms with Crippen LogP contribution in [0.5, 0.6) is 0 Å². The fourth-order valence-electron chi connectivity index (χ4n) is 3.52. The minimum absolute atomic E-state index is 0.00856. The number of halogens is 1. The molecule has 0 aromatic carbocycles. The van der Waals surface area contributed by atoms with E-state index in [1.165, 1.54) is 0 Å². The summed E-state index contributed by atoms with van der Waals surface area (Å²) in [6.07, 6.45) is 3.25. The number of carbonyl (C=O) groups is 1. The highest BCUT2D eigenvalue weighted by Gasteiger charge is 2.33. The maximum absolute atomic E-state index is 13.9. The summed E-state index contributed by atoms with van der Waals surface area (Å²) in [5, 5.41) is 3.02. The van der Waals surface area contributed by atoms with E-state index >= 15 is 0 Å². The van der Waals surface area contributed by atoms with Gasteiger partial charge < -0.3 is 9.88 Å². The summed E-state index contributed by atoms with van der Waals surface area (Å²) in [5.41, 5.74) is 0. The van der Waals surface area contributed by atoms with Gasteiger partial charge in [0.1, 0.15) is 12.0 Å². The van der Waals surface area contributed by atoms with E-state index in [-0.39, 0.29) is 23.9 Å². The molecule has 7 heteroatoms. The Hall–Kier alpha value is -1.47. The fourth-order valence-corrected chi connectivity index (χ4v) is 3.52. The molecule has 3 atom stereocenters. The van der Waals surface area contributed by atoms with Crippen LogP contribution in [0.15, 0.2) is 12.4 Å². The Labute approximate surface area is 144 Å². The van der Waals surface area contributed by atoms with Crippen LogP contribution in [-0.2, 0) is 18.4 Å². The molecule has 1 N–H and O–H groups in total. The standard InChI is InChI=1S/C17H30FN5O/c1-12(2)16(21(3)4)17(24)20-9-14-8-13(18)10-23(14)11-15-19-6-7-22(15)5/h6-7,12-14,16H,8-11H2,1-5H3,(H,20,24)/t13-,14-,16+/m0/s1. The summed E-state index contributed by atoms with van der Waals surface area (Å²) < 4.78 is 15.8. The molecule has 1 aliphatic heterocycles. The Kier molecular flexibility index (Phi) is 6.34. The Morgan fingerprint density at radius 3 is 2.75 bits per heavy atom. The summed E-state index contributed by atoms with van der Waals surface area (Å²) in [6.45, 7) is 5.54. The highest BCUT2D eigenvalue weighted by atomic mass is 19.1. The van der Waals surface area contributed by atoms with E-state index in [4.69, 9.17) is 0 Å². The van der Waals surface area contributed by atoms with Gasteiger partial charge in [0.2, 0.25) is 5.91 Å². The maximum Gasteiger partial charge on any atom is 0.237 e. The fraction of sp³-hybridized carbons (Fsp3) is 0.765. The quantitative estimate of drug-likeness (QED) is 0.806. The van der Waals surface area contributed by atoms with Gasteiger partial charge in [-0.2, -0.15) is 0 Å². The summed E-state index contributed by atoms with van der Waals surface area (Å²) >= 11 is 0. The molecule has 0 bridgehead atoms. The zero-order valence-corrected chi connectivity index (χ0v) is 15.4. The van der Waals surface area contributed by atoms with Crippen molar-refractivity contribution in [2.45, 2.75) is 45.1 Å². The molecule has 1 aromatic rings. The van der Waals surface area contributed by atoms with Crippen molar-refractivity contribution in [2.24, 2.45) is 13.0 Å². The highest BCUT2D eigenvalue weighted by molar-refractivity contribution is 5.82. The van der Waals surface area contributed by atoms with Crippen molar-refractivity contribution in [1.82, 2.24) is 24.7 Å². The molecule has 2 rings (SSSR count). The molecule has 1 amide bonds. The second kappa shape index (κ2) is 8.07. The van der Waals surface area contributed by atoms with E-state index in [0.717, 1.165) is 5.82 Å². The predicted octanol–water partition coefficient (Wildman–Crippen LogP) is 1.03. The van der Waals surface area contributed by atoms with Crippen LogP contribution >= 0.6 is 0 Å². The largest absolute Gasteiger partial charge is 0.353 e. The van der Waals surface area contributed by atoms with Crippen LogP contribution in [0.2, 0.25) is 0 Å². The molecule has 0 spiro atoms. The molecule has 24 heavy (non-hydrogen) atoms. The number of likely N-dealkylation sites (N-methyl/N-ethyl adjacent to an activating group) is 1. The zero-order valence-electron chi connectivity index (χ0n) is 15.4. The molecule has 0 saturated carbocycles. The van der Waals surface area contributed by atoms with Gasteiger partial charge in [-0.1, -0.05) is 13.8 Å². The molecule has 1 fully saturated rings. The summed E-state index contributed by atoms with van der Waals surface area (Å²) in [6, 6.07) is -0.161. The molecule has 2 heterocycles. The Bertz CT molecular complexity index is 537. The van der Waals surface area contributed by atoms with Crippen LogP contribution in [0.25, 0.3) is 0 Å². The van der Waals surface area contributed by atoms with Crippen molar-refractivity contribution >= 4 is 5.91 Å². The minimum atomic E-state index is -0.845. The van der Waals surface area contributed by atoms with Crippen LogP contribution in [0.3, 0.4) is 0 Å². The van der Waals surface area contributed by atoms with Crippen LogP contribution in [0.4, 0.5) is 4.39 Å². The van der Waals surface area contributed by atoms with Crippen molar-refractivity contribution in [3.8, 4) is 0 Å². The lowest BCUT2D eigenvalue weighted by Crippen LogP contribution is -2.49. The number of aryl methyl sites for hydroxylation is 1. The van der Waals surface area contributed by atoms with E-state index in [1.54, 1.807) is 6.20 Å². The van der Waals surface area contributed by atoms with E-state index < -0.39 is 6.17 Å². The van der Waals surface area contributed by atoms with Gasteiger partial charge >= 0.3 is 0 Å². The predicted molar refractivity (Wildman–Crippen MR) is 92.2 cm³/mol. The number of aromatic nitrogens is 2. The Balaban J connectivity index is 1.94. The Morgan fingerprint density at radius 2 is 2.21 bits per heavy atom. The minimum Gasteiger partial charge on any atom is -0.353 e. The van der Waals surface area contributed by atoms with Crippen molar-refractivity contribution < 1.29 is 9.18 Å². The average molecular weight is 339 g/mol. The first-order chi connectivity index (χ1) is 11.3. The van der Waals surface area contributed by atoms with Gasteiger partial charge in [0.05, 0.1) is 12.6 Å². The van der Waals surface area contributed by atoms with E-state index in [1.807, 2.05) is 50.7 Å². The second-order valence-corrected chi connectivity index (χ2v) is 7.27. The summed E-state index contributed by atoms with van der Waals surface area (Å²) in [4.78, 5) is 20.8. The van der Waals surface area contributed by atoms with Gasteiger partial charge in [0, 0.05) is 38.6 Å². The maximum atomic E-state index is 13.9. The zero-order chi connectivity index (χ0) is 17.9. The molecule has 1 aliphatic rings. The van der Waals surface area contributed by atoms with Gasteiger partial charge in [-0.05, 0) is 26.4 Å². The van der Waals surface area contributed by atoms with Gasteiger partial charge in [0.15, 0.2) is 0 Å². The Morgan fingerprint density at radius 1 is 1.50 bits per heavy atom. The number of nitrogens with zero attached hydrogens (tertiary/aromatic N) is 4. The van der Waals surface area contributed by atoms with E-state index in [0.29, 0.717) is 26.1 Å². The first-order valence-electron chi connectivity index (χ1n) is 8.58. The van der Waals surface area contributed by atoms with Gasteiger partial charge in [-0.3, -0.25) is 14.6 Å². The first kappa shape index (κ1) is 18.9. The number of carbonyl (C=O) groups excluding carboxylic acids is 1. The number of likely N-dealkylation sites (tertiary alicyclic amines) is 1. The van der Waals surface area contributed by atoms with Crippen LogP contribution in [-0.4, -0.2) is 70.7 Å². The van der Waals surface area contributed by atoms with E-state index in [9.17, 15) is 9.18 Å². The highest BCUT2D eigenvalue weighted by Crippen LogP contribution is 2.22. The number of hydrogen-bond donors (Lipinski definition) is 1. The molecule has 1 saturated heterocycles. The lowest BCUT2D eigenvalue weighted by Gasteiger charge is -2.29. The molecular weight excluding hydrogens is 309 g/mol. The number of imidazole rings is 1. The van der Waals surface area contributed by atoms with Crippen LogP contribution < -0.4 is 5.32 Å². The molecule has 0 aliphatic carbocycles. The van der Waals surface area contributed by atoms with Crippen LogP contribution in [0.1, 0.15) is 26.1 Å². The molecule has 6 nitrogen and oxygen atoms in total. The summed E-state index contributed by atoms with van der Waals surface area (Å²) in [7, 11) is 5.75. The van der Waals surface area contributed by atoms with Gasteiger partial charge in [0.25, 0.3) is 0 Å². The third kappa shape index (κ3) is 4.54. The summed E-state index contributed by atoms with van der Waals surface area (Å²) in [5.74, 6) is 1.14. The number of amides is 1. The molecule has 1 aromatic heterocycles. The average Bonchev–Trinajstić information content (AvgIpc) is 3.02. The molecule has 0 radical (unpaired) electrons. The normalized spacial score (nSPS) is 23.2. The van der Waals surface area contributed by atoms with Crippen molar-refractivity contribution in [1.29, 1.82) is 0 Å². The molecular formula is C17H30FN5O. The van der Waals surface area contributed by atoms with Gasteiger partial charge in [-0.25, -0.2) is 9.37 Å². The molecule has 136 valence electrons. The topological polar surface area (TPSA) is 53.4 Å². The van der Waals surface area contributed by atoms with Crippen LogP contribution in [0, 0.1) is 5.92 Å². The van der Waals surface area contributed by atoms with Crippen molar-refractivity contribution in [2.75, 3.05) is 27.2 Å². The lowest BCUT2D eigenvalue weighted by atomic mass is 10.0. The smallest absolute Gasteiger partial charge is 0.237 e. The number of rotatable bonds is 7. The number of alkyl halides is 1.